The van der Waals surface area contributed by atoms with E-state index in [9.17, 15) is 0 Å². The third-order valence-electron chi connectivity index (χ3n) is 3.94. The van der Waals surface area contributed by atoms with E-state index in [1.165, 1.54) is 5.56 Å². The SMILES string of the molecule is Cc1ccnc(C[C@@H](C)N(C)Cc2c(Cl)nc3sccn23)c1. The molecular weight excluding hydrogens is 316 g/mol. The molecule has 0 saturated carbocycles. The molecule has 0 radical (unpaired) electrons. The Labute approximate surface area is 139 Å². The molecule has 0 aliphatic heterocycles. The molecule has 0 saturated heterocycles. The summed E-state index contributed by atoms with van der Waals surface area (Å²) in [5, 5.41) is 2.63. The topological polar surface area (TPSA) is 33.4 Å². The van der Waals surface area contributed by atoms with E-state index in [2.05, 4.69) is 46.2 Å². The summed E-state index contributed by atoms with van der Waals surface area (Å²) in [6.45, 7) is 5.08. The van der Waals surface area contributed by atoms with E-state index in [-0.39, 0.29) is 0 Å². The number of thiazole rings is 1. The Morgan fingerprint density at radius 3 is 3.05 bits per heavy atom. The number of likely N-dealkylation sites (N-methyl/N-ethyl adjacent to an activating group) is 1. The molecule has 0 bridgehead atoms. The minimum Gasteiger partial charge on any atom is -0.297 e. The maximum absolute atomic E-state index is 6.27. The first-order valence-corrected chi connectivity index (χ1v) is 8.52. The fraction of sp³-hybridized carbons (Fsp3) is 0.375. The number of halogens is 1. The van der Waals surface area contributed by atoms with Crippen molar-refractivity contribution in [1.29, 1.82) is 0 Å². The quantitative estimate of drug-likeness (QED) is 0.711. The van der Waals surface area contributed by atoms with Crippen molar-refractivity contribution < 1.29 is 0 Å². The van der Waals surface area contributed by atoms with Crippen molar-refractivity contribution in [3.05, 3.63) is 52.0 Å². The first-order chi connectivity index (χ1) is 10.5. The van der Waals surface area contributed by atoms with Gasteiger partial charge in [-0.25, -0.2) is 4.98 Å². The average Bonchev–Trinajstić information content (AvgIpc) is 3.02. The molecule has 0 amide bonds. The molecule has 1 atom stereocenters. The zero-order valence-electron chi connectivity index (χ0n) is 13.0. The van der Waals surface area contributed by atoms with Gasteiger partial charge in [0, 0.05) is 42.5 Å². The molecule has 3 rings (SSSR count). The minimum atomic E-state index is 0.370. The molecular formula is C16H19ClN4S. The number of aryl methyl sites for hydroxylation is 1. The molecule has 22 heavy (non-hydrogen) atoms. The molecule has 4 nitrogen and oxygen atoms in total. The highest BCUT2D eigenvalue weighted by atomic mass is 35.5. The Morgan fingerprint density at radius 2 is 2.27 bits per heavy atom. The predicted octanol–water partition coefficient (Wildman–Crippen LogP) is 3.82. The summed E-state index contributed by atoms with van der Waals surface area (Å²) in [6.07, 6.45) is 4.82. The van der Waals surface area contributed by atoms with Crippen LogP contribution in [-0.4, -0.2) is 32.4 Å². The van der Waals surface area contributed by atoms with E-state index in [1.54, 1.807) is 11.3 Å². The minimum absolute atomic E-state index is 0.370. The lowest BCUT2D eigenvalue weighted by Gasteiger charge is -2.24. The molecule has 0 aliphatic carbocycles. The number of hydrogen-bond donors (Lipinski definition) is 0. The number of pyridine rings is 1. The lowest BCUT2D eigenvalue weighted by molar-refractivity contribution is 0.243. The van der Waals surface area contributed by atoms with E-state index in [0.29, 0.717) is 11.2 Å². The number of aromatic nitrogens is 3. The van der Waals surface area contributed by atoms with Gasteiger partial charge in [0.05, 0.1) is 5.69 Å². The van der Waals surface area contributed by atoms with Crippen LogP contribution in [0.3, 0.4) is 0 Å². The van der Waals surface area contributed by atoms with Gasteiger partial charge in [-0.1, -0.05) is 11.6 Å². The number of hydrogen-bond acceptors (Lipinski definition) is 4. The molecule has 3 aromatic rings. The number of imidazole rings is 1. The van der Waals surface area contributed by atoms with Crippen molar-refractivity contribution in [3.63, 3.8) is 0 Å². The molecule has 3 aromatic heterocycles. The van der Waals surface area contributed by atoms with Crippen LogP contribution in [0.4, 0.5) is 0 Å². The van der Waals surface area contributed by atoms with Gasteiger partial charge in [0.2, 0.25) is 0 Å². The van der Waals surface area contributed by atoms with Gasteiger partial charge in [-0.2, -0.15) is 0 Å². The van der Waals surface area contributed by atoms with E-state index < -0.39 is 0 Å². The van der Waals surface area contributed by atoms with Crippen LogP contribution < -0.4 is 0 Å². The first kappa shape index (κ1) is 15.5. The second-order valence-corrected chi connectivity index (χ2v) is 6.93. The molecule has 0 aliphatic rings. The highest BCUT2D eigenvalue weighted by Crippen LogP contribution is 2.23. The smallest absolute Gasteiger partial charge is 0.195 e. The number of nitrogens with zero attached hydrogens (tertiary/aromatic N) is 4. The molecule has 0 N–H and O–H groups in total. The first-order valence-electron chi connectivity index (χ1n) is 7.26. The third-order valence-corrected chi connectivity index (χ3v) is 5.00. The van der Waals surface area contributed by atoms with E-state index >= 15 is 0 Å². The van der Waals surface area contributed by atoms with Crippen molar-refractivity contribution in [2.45, 2.75) is 32.9 Å². The third kappa shape index (κ3) is 3.16. The van der Waals surface area contributed by atoms with Gasteiger partial charge in [-0.05, 0) is 38.6 Å². The van der Waals surface area contributed by atoms with Crippen LogP contribution >= 0.6 is 22.9 Å². The maximum atomic E-state index is 6.27. The Kier molecular flexibility index (Phi) is 4.47. The summed E-state index contributed by atoms with van der Waals surface area (Å²) in [6, 6.07) is 4.54. The molecule has 116 valence electrons. The van der Waals surface area contributed by atoms with Crippen molar-refractivity contribution in [2.24, 2.45) is 0 Å². The standard InChI is InChI=1S/C16H19ClN4S/c1-11-4-5-18-13(8-11)9-12(2)20(3)10-14-15(17)19-16-21(14)6-7-22-16/h4-8,12H,9-10H2,1-3H3/t12-/m1/s1. The summed E-state index contributed by atoms with van der Waals surface area (Å²) >= 11 is 7.88. The second kappa shape index (κ2) is 6.36. The van der Waals surface area contributed by atoms with Gasteiger partial charge in [0.15, 0.2) is 10.1 Å². The fourth-order valence-electron chi connectivity index (χ4n) is 2.51. The Hall–Kier alpha value is -1.43. The molecule has 0 spiro atoms. The lowest BCUT2D eigenvalue weighted by Crippen LogP contribution is -2.31. The second-order valence-electron chi connectivity index (χ2n) is 5.70. The van der Waals surface area contributed by atoms with E-state index in [0.717, 1.165) is 29.3 Å². The summed E-state index contributed by atoms with van der Waals surface area (Å²) in [7, 11) is 2.11. The predicted molar refractivity (Wildman–Crippen MR) is 91.7 cm³/mol. The molecule has 0 unspecified atom stereocenters. The summed E-state index contributed by atoms with van der Waals surface area (Å²) in [5.74, 6) is 0. The highest BCUT2D eigenvalue weighted by molar-refractivity contribution is 7.15. The zero-order chi connectivity index (χ0) is 15.7. The molecule has 3 heterocycles. The normalized spacial score (nSPS) is 13.1. The lowest BCUT2D eigenvalue weighted by atomic mass is 10.1. The van der Waals surface area contributed by atoms with Gasteiger partial charge in [0.25, 0.3) is 0 Å². The number of rotatable bonds is 5. The van der Waals surface area contributed by atoms with E-state index in [1.807, 2.05) is 23.8 Å². The van der Waals surface area contributed by atoms with Crippen molar-refractivity contribution in [1.82, 2.24) is 19.3 Å². The van der Waals surface area contributed by atoms with E-state index in [4.69, 9.17) is 11.6 Å². The molecule has 6 heteroatoms. The zero-order valence-corrected chi connectivity index (χ0v) is 14.5. The Balaban J connectivity index is 1.72. The Morgan fingerprint density at radius 1 is 1.45 bits per heavy atom. The van der Waals surface area contributed by atoms with Crippen LogP contribution in [-0.2, 0) is 13.0 Å². The van der Waals surface area contributed by atoms with Gasteiger partial charge >= 0.3 is 0 Å². The van der Waals surface area contributed by atoms with Crippen LogP contribution in [0.1, 0.15) is 23.9 Å². The van der Waals surface area contributed by atoms with Crippen molar-refractivity contribution in [2.75, 3.05) is 7.05 Å². The van der Waals surface area contributed by atoms with Crippen LogP contribution in [0, 0.1) is 6.92 Å². The maximum Gasteiger partial charge on any atom is 0.195 e. The fourth-order valence-corrected chi connectivity index (χ4v) is 3.52. The van der Waals surface area contributed by atoms with Gasteiger partial charge in [-0.3, -0.25) is 14.3 Å². The average molecular weight is 335 g/mol. The molecule has 0 fully saturated rings. The van der Waals surface area contributed by atoms with Crippen molar-refractivity contribution >= 4 is 27.9 Å². The van der Waals surface area contributed by atoms with Crippen LogP contribution in [0.25, 0.3) is 4.96 Å². The monoisotopic (exact) mass is 334 g/mol. The highest BCUT2D eigenvalue weighted by Gasteiger charge is 2.17. The Bertz CT molecular complexity index is 779. The van der Waals surface area contributed by atoms with Crippen molar-refractivity contribution in [3.8, 4) is 0 Å². The number of fused-ring (bicyclic) bond motifs is 1. The van der Waals surface area contributed by atoms with Gasteiger partial charge in [-0.15, -0.1) is 11.3 Å². The van der Waals surface area contributed by atoms with Crippen LogP contribution in [0.15, 0.2) is 29.9 Å². The van der Waals surface area contributed by atoms with Gasteiger partial charge < -0.3 is 0 Å². The largest absolute Gasteiger partial charge is 0.297 e. The van der Waals surface area contributed by atoms with Crippen LogP contribution in [0.5, 0.6) is 0 Å². The molecule has 0 aromatic carbocycles. The summed E-state index contributed by atoms with van der Waals surface area (Å²) in [5.41, 5.74) is 3.42. The summed E-state index contributed by atoms with van der Waals surface area (Å²) in [4.78, 5) is 12.1. The summed E-state index contributed by atoms with van der Waals surface area (Å²) < 4.78 is 2.07. The van der Waals surface area contributed by atoms with Gasteiger partial charge in [0.1, 0.15) is 0 Å². The van der Waals surface area contributed by atoms with Crippen LogP contribution in [0.2, 0.25) is 5.15 Å².